The average Bonchev–Trinajstić information content (AvgIpc) is 2.59. The van der Waals surface area contributed by atoms with E-state index in [1.807, 2.05) is 62.4 Å². The summed E-state index contributed by atoms with van der Waals surface area (Å²) in [7, 11) is 0. The molecule has 0 aromatic heterocycles. The molecule has 0 saturated heterocycles. The maximum atomic E-state index is 12.5. The lowest BCUT2D eigenvalue weighted by Crippen LogP contribution is -2.02. The number of Topliss-reactive ketones (excluding diaryl/α,β-unsaturated/α-hetero) is 1. The first kappa shape index (κ1) is 17.7. The van der Waals surface area contributed by atoms with Crippen molar-refractivity contribution in [1.29, 1.82) is 0 Å². The predicted molar refractivity (Wildman–Crippen MR) is 105 cm³/mol. The highest BCUT2D eigenvalue weighted by molar-refractivity contribution is 5.98. The second-order valence-electron chi connectivity index (χ2n) is 6.21. The Hall–Kier alpha value is -2.67. The summed E-state index contributed by atoms with van der Waals surface area (Å²) in [5, 5.41) is 0. The molecule has 0 spiro atoms. The van der Waals surface area contributed by atoms with Crippen molar-refractivity contribution in [3.05, 3.63) is 90.5 Å². The van der Waals surface area contributed by atoms with Gasteiger partial charge in [-0.3, -0.25) is 4.79 Å². The summed E-state index contributed by atoms with van der Waals surface area (Å²) in [6.45, 7) is 16.0. The number of benzene rings is 2. The predicted octanol–water partition coefficient (Wildman–Crippen LogP) is 6.43. The van der Waals surface area contributed by atoms with Crippen molar-refractivity contribution in [3.8, 4) is 0 Å². The summed E-state index contributed by atoms with van der Waals surface area (Å²) >= 11 is 0. The Balaban J connectivity index is 2.13. The molecule has 24 heavy (non-hydrogen) atoms. The zero-order valence-electron chi connectivity index (χ0n) is 14.6. The number of ketones is 1. The van der Waals surface area contributed by atoms with Crippen LogP contribution in [0.15, 0.2) is 68.3 Å². The van der Waals surface area contributed by atoms with Crippen LogP contribution in [0, 0.1) is 0 Å². The normalized spacial score (nSPS) is 10.2. The molecule has 0 bridgehead atoms. The molecule has 0 saturated carbocycles. The van der Waals surface area contributed by atoms with Gasteiger partial charge in [-0.25, -0.2) is 0 Å². The van der Waals surface area contributed by atoms with Gasteiger partial charge in [-0.15, -0.1) is 0 Å². The van der Waals surface area contributed by atoms with E-state index in [1.165, 1.54) is 0 Å². The molecule has 0 atom stereocenters. The molecule has 2 aromatic rings. The Labute approximate surface area is 145 Å². The van der Waals surface area contributed by atoms with Crippen LogP contribution in [0.25, 0.3) is 16.7 Å². The summed E-state index contributed by atoms with van der Waals surface area (Å²) in [5.41, 5.74) is 6.76. The van der Waals surface area contributed by atoms with Gasteiger partial charge in [0.2, 0.25) is 0 Å². The van der Waals surface area contributed by atoms with Crippen LogP contribution in [0.4, 0.5) is 0 Å². The van der Waals surface area contributed by atoms with Gasteiger partial charge in [0.25, 0.3) is 0 Å². The van der Waals surface area contributed by atoms with Crippen molar-refractivity contribution in [2.75, 3.05) is 0 Å². The molecule has 0 aliphatic rings. The molecule has 0 aliphatic heterocycles. The molecule has 2 aromatic carbocycles. The lowest BCUT2D eigenvalue weighted by atomic mass is 9.92. The van der Waals surface area contributed by atoms with Crippen LogP contribution in [0.2, 0.25) is 0 Å². The van der Waals surface area contributed by atoms with Gasteiger partial charge >= 0.3 is 0 Å². The van der Waals surface area contributed by atoms with Gasteiger partial charge in [-0.05, 0) is 48.6 Å². The monoisotopic (exact) mass is 316 g/mol. The van der Waals surface area contributed by atoms with Crippen LogP contribution in [-0.2, 0) is 0 Å². The highest BCUT2D eigenvalue weighted by Crippen LogP contribution is 2.26. The first-order valence-corrected chi connectivity index (χ1v) is 8.12. The van der Waals surface area contributed by atoms with E-state index in [4.69, 9.17) is 0 Å². The summed E-state index contributed by atoms with van der Waals surface area (Å²) in [4.78, 5) is 12.5. The van der Waals surface area contributed by atoms with E-state index in [1.54, 1.807) is 0 Å². The molecule has 0 fully saturated rings. The zero-order chi connectivity index (χ0) is 17.7. The molecule has 0 unspecified atom stereocenters. The fraction of sp³-hybridized carbons (Fsp3) is 0.174. The number of carbonyl (C=O) groups is 1. The Morgan fingerprint density at radius 2 is 1.42 bits per heavy atom. The van der Waals surface area contributed by atoms with E-state index in [9.17, 15) is 4.79 Å². The van der Waals surface area contributed by atoms with E-state index in [0.717, 1.165) is 39.0 Å². The minimum absolute atomic E-state index is 0.128. The maximum Gasteiger partial charge on any atom is 0.163 e. The quantitative estimate of drug-likeness (QED) is 0.538. The lowest BCUT2D eigenvalue weighted by Gasteiger charge is -2.12. The van der Waals surface area contributed by atoms with Crippen molar-refractivity contribution < 1.29 is 4.79 Å². The van der Waals surface area contributed by atoms with Crippen LogP contribution in [0.3, 0.4) is 0 Å². The lowest BCUT2D eigenvalue weighted by molar-refractivity contribution is 0.0984. The molecule has 0 amide bonds. The third-order valence-corrected chi connectivity index (χ3v) is 4.10. The van der Waals surface area contributed by atoms with Gasteiger partial charge in [-0.1, -0.05) is 73.3 Å². The van der Waals surface area contributed by atoms with Gasteiger partial charge in [0.1, 0.15) is 0 Å². The van der Waals surface area contributed by atoms with E-state index in [-0.39, 0.29) is 5.78 Å². The number of carbonyl (C=O) groups excluding carboxylic acids is 1. The fourth-order valence-electron chi connectivity index (χ4n) is 2.67. The average molecular weight is 316 g/mol. The van der Waals surface area contributed by atoms with E-state index < -0.39 is 0 Å². The van der Waals surface area contributed by atoms with Crippen molar-refractivity contribution in [1.82, 2.24) is 0 Å². The van der Waals surface area contributed by atoms with Crippen LogP contribution in [0.1, 0.15) is 53.7 Å². The molecule has 0 heterocycles. The highest BCUT2D eigenvalue weighted by Gasteiger charge is 2.11. The number of hydrogen-bond acceptors (Lipinski definition) is 1. The molecule has 122 valence electrons. The molecular formula is C23H24O. The van der Waals surface area contributed by atoms with Crippen molar-refractivity contribution in [2.24, 2.45) is 0 Å². The van der Waals surface area contributed by atoms with Gasteiger partial charge in [-0.2, -0.15) is 0 Å². The molecule has 1 nitrogen and oxygen atoms in total. The van der Waals surface area contributed by atoms with Crippen LogP contribution in [0.5, 0.6) is 0 Å². The molecule has 0 aliphatic carbocycles. The van der Waals surface area contributed by atoms with Gasteiger partial charge in [0.05, 0.1) is 0 Å². The summed E-state index contributed by atoms with van der Waals surface area (Å²) in [5.74, 6) is 0.128. The van der Waals surface area contributed by atoms with Gasteiger partial charge < -0.3 is 0 Å². The summed E-state index contributed by atoms with van der Waals surface area (Å²) < 4.78 is 0. The van der Waals surface area contributed by atoms with Gasteiger partial charge in [0.15, 0.2) is 5.78 Å². The number of hydrogen-bond donors (Lipinski definition) is 0. The third kappa shape index (κ3) is 4.20. The third-order valence-electron chi connectivity index (χ3n) is 4.10. The molecule has 2 rings (SSSR count). The summed E-state index contributed by atoms with van der Waals surface area (Å²) in [6.07, 6.45) is 1.11. The zero-order valence-corrected chi connectivity index (χ0v) is 14.6. The smallest absolute Gasteiger partial charge is 0.163 e. The number of allylic oxidation sites excluding steroid dienone is 3. The molecule has 0 radical (unpaired) electrons. The largest absolute Gasteiger partial charge is 0.294 e. The standard InChI is InChI=1S/C23H24O/c1-16(2)21-13-12-20(15-22(21)17(3)4)23(24)14-11-18(5)19-9-7-6-8-10-19/h6-10,12-13,15H,1,3,5,11,14H2,2,4H3. The molecule has 0 N–H and O–H groups in total. The fourth-order valence-corrected chi connectivity index (χ4v) is 2.67. The van der Waals surface area contributed by atoms with Crippen LogP contribution < -0.4 is 0 Å². The highest BCUT2D eigenvalue weighted by atomic mass is 16.1. The second-order valence-corrected chi connectivity index (χ2v) is 6.21. The Kier molecular flexibility index (Phi) is 5.70. The second kappa shape index (κ2) is 7.74. The van der Waals surface area contributed by atoms with Gasteiger partial charge in [0, 0.05) is 12.0 Å². The summed E-state index contributed by atoms with van der Waals surface area (Å²) in [6, 6.07) is 15.8. The molecule has 1 heteroatoms. The minimum Gasteiger partial charge on any atom is -0.294 e. The van der Waals surface area contributed by atoms with Crippen LogP contribution in [-0.4, -0.2) is 5.78 Å². The van der Waals surface area contributed by atoms with Crippen molar-refractivity contribution >= 4 is 22.5 Å². The first-order valence-electron chi connectivity index (χ1n) is 8.12. The van der Waals surface area contributed by atoms with Crippen molar-refractivity contribution in [2.45, 2.75) is 26.7 Å². The molecular weight excluding hydrogens is 292 g/mol. The Bertz CT molecular complexity index is 794. The van der Waals surface area contributed by atoms with E-state index in [0.29, 0.717) is 12.8 Å². The Morgan fingerprint density at radius 3 is 2.00 bits per heavy atom. The van der Waals surface area contributed by atoms with E-state index >= 15 is 0 Å². The number of rotatable bonds is 7. The van der Waals surface area contributed by atoms with E-state index in [2.05, 4.69) is 19.7 Å². The SMILES string of the molecule is C=C(CCC(=O)c1ccc(C(=C)C)c(C(=C)C)c1)c1ccccc1. The van der Waals surface area contributed by atoms with Crippen LogP contribution >= 0.6 is 0 Å². The minimum atomic E-state index is 0.128. The first-order chi connectivity index (χ1) is 11.4. The topological polar surface area (TPSA) is 17.1 Å². The maximum absolute atomic E-state index is 12.5. The van der Waals surface area contributed by atoms with Crippen molar-refractivity contribution in [3.63, 3.8) is 0 Å². The Morgan fingerprint density at radius 1 is 0.792 bits per heavy atom.